The molecule has 0 saturated heterocycles. The molecule has 0 radical (unpaired) electrons. The van der Waals surface area contributed by atoms with E-state index in [9.17, 15) is 5.11 Å². The molecule has 1 atom stereocenters. The zero-order valence-corrected chi connectivity index (χ0v) is 10.6. The number of benzene rings is 1. The van der Waals surface area contributed by atoms with E-state index in [-0.39, 0.29) is 6.10 Å². The molecule has 2 nitrogen and oxygen atoms in total. The first-order chi connectivity index (χ1) is 7.75. The molecule has 1 N–H and O–H groups in total. The average Bonchev–Trinajstić information content (AvgIpc) is 2.80. The van der Waals surface area contributed by atoms with Crippen LogP contribution in [0.5, 0.6) is 0 Å². The summed E-state index contributed by atoms with van der Waals surface area (Å²) in [6.07, 6.45) is 1.52. The van der Waals surface area contributed by atoms with Crippen molar-refractivity contribution in [3.8, 4) is 0 Å². The van der Waals surface area contributed by atoms with Crippen LogP contribution in [-0.2, 0) is 5.75 Å². The molecule has 0 aliphatic carbocycles. The highest BCUT2D eigenvalue weighted by Crippen LogP contribution is 2.25. The van der Waals surface area contributed by atoms with E-state index >= 15 is 0 Å². The molecule has 84 valence electrons. The van der Waals surface area contributed by atoms with Crippen molar-refractivity contribution in [1.82, 2.24) is 4.98 Å². The second-order valence-electron chi connectivity index (χ2n) is 3.50. The molecule has 1 aromatic carbocycles. The van der Waals surface area contributed by atoms with Gasteiger partial charge in [-0.3, -0.25) is 4.98 Å². The standard InChI is InChI=1S/C12H13NOS2/c1-9(14)10-2-4-11(5-3-10)15-7-12-6-13-8-16-12/h2-6,8-9,14H,7H2,1H3. The van der Waals surface area contributed by atoms with Gasteiger partial charge in [-0.25, -0.2) is 0 Å². The Bertz CT molecular complexity index is 423. The molecule has 1 unspecified atom stereocenters. The van der Waals surface area contributed by atoms with Crippen molar-refractivity contribution in [2.24, 2.45) is 0 Å². The van der Waals surface area contributed by atoms with Gasteiger partial charge in [0.2, 0.25) is 0 Å². The maximum Gasteiger partial charge on any atom is 0.0794 e. The number of rotatable bonds is 4. The van der Waals surface area contributed by atoms with E-state index in [4.69, 9.17) is 0 Å². The molecule has 1 aromatic heterocycles. The molecular weight excluding hydrogens is 238 g/mol. The highest BCUT2D eigenvalue weighted by atomic mass is 32.2. The van der Waals surface area contributed by atoms with Crippen molar-refractivity contribution in [2.45, 2.75) is 23.7 Å². The van der Waals surface area contributed by atoms with Crippen LogP contribution in [0.3, 0.4) is 0 Å². The van der Waals surface area contributed by atoms with Crippen LogP contribution in [0.2, 0.25) is 0 Å². The summed E-state index contributed by atoms with van der Waals surface area (Å²) in [7, 11) is 0. The Balaban J connectivity index is 1.95. The molecule has 0 amide bonds. The van der Waals surface area contributed by atoms with Gasteiger partial charge in [-0.2, -0.15) is 0 Å². The summed E-state index contributed by atoms with van der Waals surface area (Å²) in [4.78, 5) is 6.55. The van der Waals surface area contributed by atoms with Gasteiger partial charge >= 0.3 is 0 Å². The van der Waals surface area contributed by atoms with Gasteiger partial charge in [0.15, 0.2) is 0 Å². The monoisotopic (exact) mass is 251 g/mol. The van der Waals surface area contributed by atoms with Gasteiger partial charge in [0.05, 0.1) is 11.6 Å². The highest BCUT2D eigenvalue weighted by Gasteiger charge is 2.01. The average molecular weight is 251 g/mol. The van der Waals surface area contributed by atoms with Crippen LogP contribution in [0, 0.1) is 0 Å². The molecular formula is C12H13NOS2. The van der Waals surface area contributed by atoms with Crippen LogP contribution in [-0.4, -0.2) is 10.1 Å². The van der Waals surface area contributed by atoms with E-state index in [2.05, 4.69) is 4.98 Å². The van der Waals surface area contributed by atoms with Crippen molar-refractivity contribution < 1.29 is 5.11 Å². The Hall–Kier alpha value is -0.840. The number of aliphatic hydroxyl groups excluding tert-OH is 1. The number of aliphatic hydroxyl groups is 1. The fourth-order valence-electron chi connectivity index (χ4n) is 1.31. The van der Waals surface area contributed by atoms with E-state index in [1.165, 1.54) is 9.77 Å². The van der Waals surface area contributed by atoms with E-state index in [1.807, 2.05) is 36.0 Å². The molecule has 0 aliphatic rings. The Morgan fingerprint density at radius 3 is 2.69 bits per heavy atom. The summed E-state index contributed by atoms with van der Waals surface area (Å²) in [5.74, 6) is 0.957. The van der Waals surface area contributed by atoms with Crippen LogP contribution in [0.25, 0.3) is 0 Å². The van der Waals surface area contributed by atoms with Gasteiger partial charge in [0, 0.05) is 21.7 Å². The van der Waals surface area contributed by atoms with Gasteiger partial charge in [-0.05, 0) is 24.6 Å². The highest BCUT2D eigenvalue weighted by molar-refractivity contribution is 7.98. The Kier molecular flexibility index (Phi) is 3.98. The molecule has 0 fully saturated rings. The third-order valence-electron chi connectivity index (χ3n) is 2.23. The Labute approximate surface area is 103 Å². The number of hydrogen-bond donors (Lipinski definition) is 1. The summed E-state index contributed by atoms with van der Waals surface area (Å²) >= 11 is 3.47. The fraction of sp³-hybridized carbons (Fsp3) is 0.250. The largest absolute Gasteiger partial charge is 0.389 e. The predicted molar refractivity (Wildman–Crippen MR) is 68.8 cm³/mol. The first-order valence-corrected chi connectivity index (χ1v) is 6.90. The second-order valence-corrected chi connectivity index (χ2v) is 5.52. The molecule has 1 heterocycles. The van der Waals surface area contributed by atoms with E-state index < -0.39 is 0 Å². The third kappa shape index (κ3) is 3.07. The molecule has 2 aromatic rings. The summed E-state index contributed by atoms with van der Waals surface area (Å²) < 4.78 is 0. The summed E-state index contributed by atoms with van der Waals surface area (Å²) in [6.45, 7) is 1.78. The van der Waals surface area contributed by atoms with Crippen molar-refractivity contribution in [2.75, 3.05) is 0 Å². The van der Waals surface area contributed by atoms with Gasteiger partial charge in [-0.15, -0.1) is 23.1 Å². The summed E-state index contributed by atoms with van der Waals surface area (Å²) in [5.41, 5.74) is 2.81. The van der Waals surface area contributed by atoms with Crippen molar-refractivity contribution in [1.29, 1.82) is 0 Å². The van der Waals surface area contributed by atoms with Crippen molar-refractivity contribution in [3.63, 3.8) is 0 Å². The van der Waals surface area contributed by atoms with Crippen molar-refractivity contribution in [3.05, 3.63) is 46.4 Å². The molecule has 16 heavy (non-hydrogen) atoms. The smallest absolute Gasteiger partial charge is 0.0794 e. The molecule has 4 heteroatoms. The normalized spacial score (nSPS) is 12.6. The van der Waals surface area contributed by atoms with Gasteiger partial charge < -0.3 is 5.11 Å². The number of thiazole rings is 1. The molecule has 2 rings (SSSR count). The van der Waals surface area contributed by atoms with Crippen LogP contribution >= 0.6 is 23.1 Å². The van der Waals surface area contributed by atoms with Crippen LogP contribution in [0.1, 0.15) is 23.5 Å². The predicted octanol–water partition coefficient (Wildman–Crippen LogP) is 3.49. The zero-order chi connectivity index (χ0) is 11.4. The van der Waals surface area contributed by atoms with Gasteiger partial charge in [0.25, 0.3) is 0 Å². The molecule has 0 saturated carbocycles. The number of aromatic nitrogens is 1. The topological polar surface area (TPSA) is 33.1 Å². The van der Waals surface area contributed by atoms with E-state index in [1.54, 1.807) is 30.0 Å². The minimum atomic E-state index is -0.388. The first kappa shape index (κ1) is 11.6. The molecule has 0 aliphatic heterocycles. The zero-order valence-electron chi connectivity index (χ0n) is 8.96. The van der Waals surface area contributed by atoms with Gasteiger partial charge in [0.1, 0.15) is 0 Å². The lowest BCUT2D eigenvalue weighted by Gasteiger charge is -2.05. The van der Waals surface area contributed by atoms with Crippen LogP contribution in [0.15, 0.2) is 40.9 Å². The maximum atomic E-state index is 9.38. The minimum absolute atomic E-state index is 0.388. The number of thioether (sulfide) groups is 1. The van der Waals surface area contributed by atoms with Crippen LogP contribution < -0.4 is 0 Å². The fourth-order valence-corrected chi connectivity index (χ4v) is 2.85. The first-order valence-electron chi connectivity index (χ1n) is 5.04. The Morgan fingerprint density at radius 2 is 2.12 bits per heavy atom. The molecule has 0 bridgehead atoms. The Morgan fingerprint density at radius 1 is 1.38 bits per heavy atom. The lowest BCUT2D eigenvalue weighted by atomic mass is 10.1. The lowest BCUT2D eigenvalue weighted by molar-refractivity contribution is 0.199. The summed E-state index contributed by atoms with van der Waals surface area (Å²) in [6, 6.07) is 8.04. The molecule has 0 spiro atoms. The minimum Gasteiger partial charge on any atom is -0.389 e. The lowest BCUT2D eigenvalue weighted by Crippen LogP contribution is -1.89. The second kappa shape index (κ2) is 5.48. The third-order valence-corrected chi connectivity index (χ3v) is 4.25. The van der Waals surface area contributed by atoms with Crippen LogP contribution in [0.4, 0.5) is 0 Å². The van der Waals surface area contributed by atoms with E-state index in [0.29, 0.717) is 0 Å². The summed E-state index contributed by atoms with van der Waals surface area (Å²) in [5, 5.41) is 9.38. The SMILES string of the molecule is CC(O)c1ccc(SCc2cncs2)cc1. The van der Waals surface area contributed by atoms with Crippen molar-refractivity contribution >= 4 is 23.1 Å². The quantitative estimate of drug-likeness (QED) is 0.844. The number of nitrogens with zero attached hydrogens (tertiary/aromatic N) is 1. The maximum absolute atomic E-state index is 9.38. The van der Waals surface area contributed by atoms with Gasteiger partial charge in [-0.1, -0.05) is 12.1 Å². The number of hydrogen-bond acceptors (Lipinski definition) is 4. The van der Waals surface area contributed by atoms with E-state index in [0.717, 1.165) is 11.3 Å².